The van der Waals surface area contributed by atoms with Gasteiger partial charge in [0, 0.05) is 11.6 Å². The summed E-state index contributed by atoms with van der Waals surface area (Å²) in [6.07, 6.45) is -1.18. The van der Waals surface area contributed by atoms with Gasteiger partial charge in [0.25, 0.3) is 0 Å². The zero-order valence-corrected chi connectivity index (χ0v) is 12.3. The molecule has 0 aliphatic heterocycles. The van der Waals surface area contributed by atoms with Gasteiger partial charge in [0.05, 0.1) is 15.1 Å². The number of benzene rings is 2. The smallest absolute Gasteiger partial charge is 0.349 e. The predicted octanol–water partition coefficient (Wildman–Crippen LogP) is 4.85. The average Bonchev–Trinajstić information content (AvgIpc) is 2.42. The van der Waals surface area contributed by atoms with Crippen molar-refractivity contribution in [3.63, 3.8) is 0 Å². The summed E-state index contributed by atoms with van der Waals surface area (Å²) in [7, 11) is 0. The molecule has 0 aliphatic carbocycles. The van der Waals surface area contributed by atoms with Gasteiger partial charge < -0.3 is 9.84 Å². The monoisotopic (exact) mass is 330 g/mol. The average molecular weight is 332 g/mol. The number of carbonyl (C=O) groups is 1. The second-order valence-corrected chi connectivity index (χ2v) is 5.17. The second-order valence-electron chi connectivity index (χ2n) is 3.94. The lowest BCUT2D eigenvalue weighted by molar-refractivity contribution is -0.145. The Morgan fingerprint density at radius 1 is 1.00 bits per heavy atom. The summed E-state index contributed by atoms with van der Waals surface area (Å²) in [4.78, 5) is 11.3. The van der Waals surface area contributed by atoms with Crippen molar-refractivity contribution in [3.05, 3.63) is 63.1 Å². The Bertz CT molecular complexity index is 629. The molecule has 0 amide bonds. The second kappa shape index (κ2) is 6.35. The number of rotatable bonds is 4. The molecular formula is C14H9Cl3O3. The first kappa shape index (κ1) is 15.0. The first-order valence-corrected chi connectivity index (χ1v) is 6.71. The van der Waals surface area contributed by atoms with Gasteiger partial charge in [0.2, 0.25) is 6.10 Å². The van der Waals surface area contributed by atoms with Gasteiger partial charge in [0.15, 0.2) is 0 Å². The fourth-order valence-corrected chi connectivity index (χ4v) is 2.19. The molecular weight excluding hydrogens is 323 g/mol. The van der Waals surface area contributed by atoms with Crippen LogP contribution in [0.4, 0.5) is 0 Å². The van der Waals surface area contributed by atoms with Crippen molar-refractivity contribution in [1.29, 1.82) is 0 Å². The van der Waals surface area contributed by atoms with Crippen LogP contribution < -0.4 is 4.74 Å². The number of ether oxygens (including phenoxy) is 1. The number of halogens is 3. The Hall–Kier alpha value is -1.42. The summed E-state index contributed by atoms with van der Waals surface area (Å²) in [5.74, 6) is -0.962. The molecule has 104 valence electrons. The molecule has 0 aliphatic rings. The van der Waals surface area contributed by atoms with Crippen molar-refractivity contribution >= 4 is 40.8 Å². The van der Waals surface area contributed by atoms with Gasteiger partial charge in [0.1, 0.15) is 5.75 Å². The fourth-order valence-electron chi connectivity index (χ4n) is 1.61. The highest BCUT2D eigenvalue weighted by atomic mass is 35.5. The van der Waals surface area contributed by atoms with Crippen LogP contribution in [0.5, 0.6) is 5.75 Å². The van der Waals surface area contributed by atoms with Gasteiger partial charge in [-0.2, -0.15) is 0 Å². The van der Waals surface area contributed by atoms with Gasteiger partial charge in [-0.25, -0.2) is 4.79 Å². The molecule has 2 aromatic carbocycles. The lowest BCUT2D eigenvalue weighted by Gasteiger charge is -2.16. The zero-order valence-electron chi connectivity index (χ0n) is 10.0. The molecule has 0 aromatic heterocycles. The highest BCUT2D eigenvalue weighted by molar-refractivity contribution is 6.43. The SMILES string of the molecule is O=C(O)C(Oc1cc(Cl)c(Cl)cc1Cl)c1ccccc1. The number of carboxylic acids is 1. The van der Waals surface area contributed by atoms with E-state index < -0.39 is 12.1 Å². The van der Waals surface area contributed by atoms with E-state index in [2.05, 4.69) is 0 Å². The molecule has 1 unspecified atom stereocenters. The Morgan fingerprint density at radius 3 is 2.20 bits per heavy atom. The molecule has 0 heterocycles. The van der Waals surface area contributed by atoms with E-state index in [1.165, 1.54) is 12.1 Å². The molecule has 2 aromatic rings. The van der Waals surface area contributed by atoms with Gasteiger partial charge in [-0.15, -0.1) is 0 Å². The maximum absolute atomic E-state index is 11.3. The van der Waals surface area contributed by atoms with E-state index in [0.717, 1.165) is 0 Å². The third kappa shape index (κ3) is 3.37. The maximum atomic E-state index is 11.3. The summed E-state index contributed by atoms with van der Waals surface area (Å²) in [6, 6.07) is 11.4. The standard InChI is InChI=1S/C14H9Cl3O3/c15-9-6-11(17)12(7-10(9)16)20-13(14(18)19)8-4-2-1-3-5-8/h1-7,13H,(H,18,19). The number of carboxylic acid groups (broad SMARTS) is 1. The highest BCUT2D eigenvalue weighted by Crippen LogP contribution is 2.36. The fraction of sp³-hybridized carbons (Fsp3) is 0.0714. The topological polar surface area (TPSA) is 46.5 Å². The Balaban J connectivity index is 2.35. The first-order chi connectivity index (χ1) is 9.49. The summed E-state index contributed by atoms with van der Waals surface area (Å²) in [6.45, 7) is 0. The molecule has 6 heteroatoms. The van der Waals surface area contributed by atoms with Crippen LogP contribution in [0.3, 0.4) is 0 Å². The predicted molar refractivity (Wildman–Crippen MR) is 78.9 cm³/mol. The number of hydrogen-bond acceptors (Lipinski definition) is 2. The van der Waals surface area contributed by atoms with Gasteiger partial charge in [-0.1, -0.05) is 65.1 Å². The minimum absolute atomic E-state index is 0.164. The van der Waals surface area contributed by atoms with Crippen LogP contribution >= 0.6 is 34.8 Å². The van der Waals surface area contributed by atoms with Crippen molar-refractivity contribution in [2.75, 3.05) is 0 Å². The Kier molecular flexibility index (Phi) is 4.76. The molecule has 3 nitrogen and oxygen atoms in total. The van der Waals surface area contributed by atoms with E-state index in [-0.39, 0.29) is 20.8 Å². The van der Waals surface area contributed by atoms with Crippen molar-refractivity contribution in [2.24, 2.45) is 0 Å². The Morgan fingerprint density at radius 2 is 1.60 bits per heavy atom. The molecule has 0 radical (unpaired) electrons. The molecule has 1 N–H and O–H groups in total. The van der Waals surface area contributed by atoms with Crippen LogP contribution in [0.15, 0.2) is 42.5 Å². The molecule has 2 rings (SSSR count). The van der Waals surface area contributed by atoms with E-state index in [0.29, 0.717) is 5.56 Å². The minimum atomic E-state index is -1.18. The summed E-state index contributed by atoms with van der Waals surface area (Å²) < 4.78 is 5.45. The van der Waals surface area contributed by atoms with Crippen molar-refractivity contribution < 1.29 is 14.6 Å². The number of aliphatic carboxylic acids is 1. The van der Waals surface area contributed by atoms with Crippen molar-refractivity contribution in [1.82, 2.24) is 0 Å². The van der Waals surface area contributed by atoms with Gasteiger partial charge in [-0.05, 0) is 6.07 Å². The van der Waals surface area contributed by atoms with Crippen molar-refractivity contribution in [2.45, 2.75) is 6.10 Å². The third-order valence-corrected chi connectivity index (χ3v) is 3.56. The molecule has 0 saturated carbocycles. The van der Waals surface area contributed by atoms with E-state index in [9.17, 15) is 9.90 Å². The van der Waals surface area contributed by atoms with Crippen LogP contribution in [0.1, 0.15) is 11.7 Å². The van der Waals surface area contributed by atoms with Crippen LogP contribution in [0, 0.1) is 0 Å². The van der Waals surface area contributed by atoms with E-state index in [1.807, 2.05) is 0 Å². The largest absolute Gasteiger partial charge is 0.478 e. The first-order valence-electron chi connectivity index (χ1n) is 5.58. The minimum Gasteiger partial charge on any atom is -0.478 e. The van der Waals surface area contributed by atoms with Crippen LogP contribution in [-0.2, 0) is 4.79 Å². The normalized spacial score (nSPS) is 11.9. The zero-order chi connectivity index (χ0) is 14.7. The quantitative estimate of drug-likeness (QED) is 0.814. The van der Waals surface area contributed by atoms with Crippen molar-refractivity contribution in [3.8, 4) is 5.75 Å². The Labute approximate surface area is 130 Å². The third-order valence-electron chi connectivity index (χ3n) is 2.55. The maximum Gasteiger partial charge on any atom is 0.349 e. The summed E-state index contributed by atoms with van der Waals surface area (Å²) >= 11 is 17.7. The lowest BCUT2D eigenvalue weighted by atomic mass is 10.1. The summed E-state index contributed by atoms with van der Waals surface area (Å²) in [5.41, 5.74) is 0.502. The molecule has 0 bridgehead atoms. The van der Waals surface area contributed by atoms with Crippen LogP contribution in [0.25, 0.3) is 0 Å². The summed E-state index contributed by atoms with van der Waals surface area (Å²) in [5, 5.41) is 9.98. The van der Waals surface area contributed by atoms with Crippen LogP contribution in [0.2, 0.25) is 15.1 Å². The van der Waals surface area contributed by atoms with E-state index in [1.54, 1.807) is 30.3 Å². The molecule has 20 heavy (non-hydrogen) atoms. The van der Waals surface area contributed by atoms with Gasteiger partial charge >= 0.3 is 5.97 Å². The van der Waals surface area contributed by atoms with Gasteiger partial charge in [-0.3, -0.25) is 0 Å². The van der Waals surface area contributed by atoms with E-state index in [4.69, 9.17) is 39.5 Å². The molecule has 1 atom stereocenters. The highest BCUT2D eigenvalue weighted by Gasteiger charge is 2.23. The number of hydrogen-bond donors (Lipinski definition) is 1. The molecule has 0 spiro atoms. The van der Waals surface area contributed by atoms with E-state index >= 15 is 0 Å². The molecule has 0 fully saturated rings. The molecule has 0 saturated heterocycles. The van der Waals surface area contributed by atoms with Crippen LogP contribution in [-0.4, -0.2) is 11.1 Å². The lowest BCUT2D eigenvalue weighted by Crippen LogP contribution is -2.18.